The fourth-order valence-electron chi connectivity index (χ4n) is 6.85. The lowest BCUT2D eigenvalue weighted by Crippen LogP contribution is -2.59. The molecule has 14 heteroatoms. The van der Waals surface area contributed by atoms with Crippen molar-refractivity contribution in [2.75, 3.05) is 33.8 Å². The number of ether oxygens (including phenoxy) is 1. The molecule has 2 aliphatic rings. The fourth-order valence-corrected chi connectivity index (χ4v) is 6.85. The van der Waals surface area contributed by atoms with Gasteiger partial charge in [0.25, 0.3) is 5.91 Å². The van der Waals surface area contributed by atoms with Gasteiger partial charge >= 0.3 is 6.09 Å². The van der Waals surface area contributed by atoms with Gasteiger partial charge in [-0.2, -0.15) is 0 Å². The minimum atomic E-state index is -1.20. The number of likely N-dealkylation sites (N-methyl/N-ethyl adjacent to an activating group) is 1. The van der Waals surface area contributed by atoms with Crippen molar-refractivity contribution in [2.24, 2.45) is 23.7 Å². The van der Waals surface area contributed by atoms with E-state index in [1.807, 2.05) is 27.7 Å². The van der Waals surface area contributed by atoms with Gasteiger partial charge in [0.15, 0.2) is 0 Å². The number of nitrogens with one attached hydrogen (secondary N) is 4. The van der Waals surface area contributed by atoms with Gasteiger partial charge in [-0.25, -0.2) is 4.79 Å². The van der Waals surface area contributed by atoms with Crippen molar-refractivity contribution in [3.63, 3.8) is 0 Å². The van der Waals surface area contributed by atoms with Crippen molar-refractivity contribution >= 4 is 41.4 Å². The zero-order valence-electron chi connectivity index (χ0n) is 31.7. The number of hydrogen-bond donors (Lipinski definition) is 4. The normalized spacial score (nSPS) is 20.6. The van der Waals surface area contributed by atoms with Gasteiger partial charge in [-0.1, -0.05) is 90.6 Å². The monoisotopic (exact) mass is 726 g/mol. The number of ketones is 1. The molecule has 1 aliphatic carbocycles. The summed E-state index contributed by atoms with van der Waals surface area (Å²) in [5, 5.41) is 10.5. The zero-order chi connectivity index (χ0) is 38.5. The number of nitrogens with zero attached hydrogens (tertiary/aromatic N) is 2. The molecule has 52 heavy (non-hydrogen) atoms. The molecular formula is C38H58N6O8. The van der Waals surface area contributed by atoms with Gasteiger partial charge in [-0.05, 0) is 48.5 Å². The van der Waals surface area contributed by atoms with Gasteiger partial charge in [0, 0.05) is 20.6 Å². The van der Waals surface area contributed by atoms with E-state index in [4.69, 9.17) is 4.74 Å². The Morgan fingerprint density at radius 3 is 2.17 bits per heavy atom. The van der Waals surface area contributed by atoms with Gasteiger partial charge in [-0.15, -0.1) is 0 Å². The van der Waals surface area contributed by atoms with E-state index in [-0.39, 0.29) is 55.1 Å². The Labute approximate surface area is 307 Å². The Hall–Kier alpha value is -4.49. The summed E-state index contributed by atoms with van der Waals surface area (Å²) in [5.41, 5.74) is 0.553. The number of amides is 6. The fraction of sp³-hybridized carbons (Fsp3) is 0.658. The summed E-state index contributed by atoms with van der Waals surface area (Å²) in [4.78, 5) is 95.9. The highest BCUT2D eigenvalue weighted by Gasteiger charge is 2.47. The third-order valence-electron chi connectivity index (χ3n) is 9.95. The number of likely N-dealkylation sites (tertiary alicyclic amines) is 1. The van der Waals surface area contributed by atoms with Crippen molar-refractivity contribution in [3.8, 4) is 0 Å². The van der Waals surface area contributed by atoms with Crippen LogP contribution in [0, 0.1) is 23.7 Å². The van der Waals surface area contributed by atoms with Crippen LogP contribution in [0.15, 0.2) is 30.3 Å². The molecule has 0 bridgehead atoms. The van der Waals surface area contributed by atoms with E-state index < -0.39 is 60.3 Å². The SMILES string of the molecule is CCC[C@@H](NC(=O)C1[C@@H](C)[C@H](C)CN1C(=O)[C@@H](NC(=O)OCC(C)C)C1CCCCC1)C(=O)C(=O)NCC(=O)NC(C(=O)N(C)C)c1ccccc1. The first-order valence-electron chi connectivity index (χ1n) is 18.6. The number of hydrogen-bond acceptors (Lipinski definition) is 8. The molecule has 1 saturated heterocycles. The highest BCUT2D eigenvalue weighted by molar-refractivity contribution is 6.38. The lowest BCUT2D eigenvalue weighted by Gasteiger charge is -2.35. The molecule has 6 amide bonds. The summed E-state index contributed by atoms with van der Waals surface area (Å²) in [5.74, 6) is -4.31. The maximum Gasteiger partial charge on any atom is 0.407 e. The third-order valence-corrected chi connectivity index (χ3v) is 9.95. The largest absolute Gasteiger partial charge is 0.449 e. The molecule has 1 aromatic carbocycles. The first-order valence-corrected chi connectivity index (χ1v) is 18.6. The van der Waals surface area contributed by atoms with Gasteiger partial charge in [0.05, 0.1) is 19.2 Å². The van der Waals surface area contributed by atoms with Gasteiger partial charge < -0.3 is 35.8 Å². The third kappa shape index (κ3) is 11.5. The van der Waals surface area contributed by atoms with Crippen molar-refractivity contribution < 1.29 is 38.3 Å². The molecule has 3 rings (SSSR count). The van der Waals surface area contributed by atoms with E-state index in [2.05, 4.69) is 21.3 Å². The van der Waals surface area contributed by atoms with E-state index >= 15 is 0 Å². The lowest BCUT2D eigenvalue weighted by molar-refractivity contribution is -0.144. The Bertz CT molecular complexity index is 1410. The average molecular weight is 727 g/mol. The summed E-state index contributed by atoms with van der Waals surface area (Å²) >= 11 is 0. The van der Waals surface area contributed by atoms with Crippen molar-refractivity contribution in [3.05, 3.63) is 35.9 Å². The van der Waals surface area contributed by atoms with Crippen LogP contribution in [0.5, 0.6) is 0 Å². The molecule has 1 aliphatic heterocycles. The van der Waals surface area contributed by atoms with Gasteiger partial charge in [0.2, 0.25) is 29.4 Å². The van der Waals surface area contributed by atoms with Crippen LogP contribution >= 0.6 is 0 Å². The highest BCUT2D eigenvalue weighted by atomic mass is 16.5. The minimum absolute atomic E-state index is 0.0548. The van der Waals surface area contributed by atoms with Gasteiger partial charge in [-0.3, -0.25) is 28.8 Å². The van der Waals surface area contributed by atoms with E-state index in [1.54, 1.807) is 51.4 Å². The first kappa shape index (κ1) is 41.9. The van der Waals surface area contributed by atoms with Crippen LogP contribution in [-0.4, -0.2) is 103 Å². The summed E-state index contributed by atoms with van der Waals surface area (Å²) < 4.78 is 5.36. The van der Waals surface area contributed by atoms with Crippen LogP contribution in [-0.2, 0) is 33.5 Å². The number of benzene rings is 1. The van der Waals surface area contributed by atoms with E-state index in [9.17, 15) is 33.6 Å². The molecule has 0 aromatic heterocycles. The number of rotatable bonds is 16. The van der Waals surface area contributed by atoms with Crippen LogP contribution in [0.4, 0.5) is 4.79 Å². The Balaban J connectivity index is 1.71. The Kier molecular flexibility index (Phi) is 16.1. The molecule has 14 nitrogen and oxygen atoms in total. The molecule has 4 N–H and O–H groups in total. The highest BCUT2D eigenvalue weighted by Crippen LogP contribution is 2.33. The predicted molar refractivity (Wildman–Crippen MR) is 194 cm³/mol. The second kappa shape index (κ2) is 19.9. The predicted octanol–water partition coefficient (Wildman–Crippen LogP) is 2.72. The summed E-state index contributed by atoms with van der Waals surface area (Å²) in [6.45, 7) is 9.37. The van der Waals surface area contributed by atoms with Crippen LogP contribution < -0.4 is 21.3 Å². The maximum atomic E-state index is 14.3. The summed E-state index contributed by atoms with van der Waals surface area (Å²) in [6, 6.07) is 4.64. The van der Waals surface area contributed by atoms with Crippen LogP contribution in [0.1, 0.15) is 91.2 Å². The zero-order valence-corrected chi connectivity index (χ0v) is 31.7. The molecule has 288 valence electrons. The maximum absolute atomic E-state index is 14.3. The molecule has 6 atom stereocenters. The van der Waals surface area contributed by atoms with Crippen LogP contribution in [0.2, 0.25) is 0 Å². The first-order chi connectivity index (χ1) is 24.7. The Morgan fingerprint density at radius 2 is 1.58 bits per heavy atom. The van der Waals surface area contributed by atoms with Crippen LogP contribution in [0.3, 0.4) is 0 Å². The van der Waals surface area contributed by atoms with Gasteiger partial charge in [0.1, 0.15) is 18.1 Å². The smallest absolute Gasteiger partial charge is 0.407 e. The van der Waals surface area contributed by atoms with E-state index in [1.165, 1.54) is 9.80 Å². The lowest BCUT2D eigenvalue weighted by atomic mass is 9.83. The van der Waals surface area contributed by atoms with Crippen molar-refractivity contribution in [2.45, 2.75) is 104 Å². The average Bonchev–Trinajstić information content (AvgIpc) is 3.43. The minimum Gasteiger partial charge on any atom is -0.449 e. The van der Waals surface area contributed by atoms with Crippen molar-refractivity contribution in [1.82, 2.24) is 31.1 Å². The number of carbonyl (C=O) groups is 7. The number of carbonyl (C=O) groups excluding carboxylic acids is 7. The Morgan fingerprint density at radius 1 is 0.923 bits per heavy atom. The molecular weight excluding hydrogens is 668 g/mol. The quantitative estimate of drug-likeness (QED) is 0.188. The standard InChI is InChI=1S/C38H58N6O8/c1-8-15-28(33(46)35(48)39-20-29(45)41-30(36(49)43(6)7)26-16-11-9-12-17-26)40-34(47)32-25(5)24(4)21-44(32)37(50)31(27-18-13-10-14-19-27)42-38(51)52-22-23(2)3/h9,11-12,16-17,23-25,27-28,30-32H,8,10,13-15,18-22H2,1-7H3,(H,39,48)(H,40,47)(H,41,45)(H,42,51)/t24-,25+,28-,30?,31+,32?/m1/s1. The second-order valence-corrected chi connectivity index (χ2v) is 14.8. The molecule has 2 fully saturated rings. The summed E-state index contributed by atoms with van der Waals surface area (Å²) in [6.07, 6.45) is 4.36. The number of Topliss-reactive ketones (excluding diaryl/α,β-unsaturated/α-hetero) is 1. The molecule has 0 spiro atoms. The molecule has 1 heterocycles. The molecule has 1 saturated carbocycles. The van der Waals surface area contributed by atoms with Crippen LogP contribution in [0.25, 0.3) is 0 Å². The molecule has 1 aromatic rings. The molecule has 0 radical (unpaired) electrons. The van der Waals surface area contributed by atoms with Crippen molar-refractivity contribution in [1.29, 1.82) is 0 Å². The number of alkyl carbamates (subject to hydrolysis) is 1. The molecule has 2 unspecified atom stereocenters. The second-order valence-electron chi connectivity index (χ2n) is 14.8. The van der Waals surface area contributed by atoms with E-state index in [0.29, 0.717) is 12.0 Å². The van der Waals surface area contributed by atoms with E-state index in [0.717, 1.165) is 32.1 Å². The summed E-state index contributed by atoms with van der Waals surface area (Å²) in [7, 11) is 3.12. The topological polar surface area (TPSA) is 183 Å².